The maximum absolute atomic E-state index is 12.1. The van der Waals surface area contributed by atoms with Gasteiger partial charge in [0.05, 0.1) is 30.1 Å². The fourth-order valence-corrected chi connectivity index (χ4v) is 4.45. The lowest BCUT2D eigenvalue weighted by atomic mass is 10.2. The van der Waals surface area contributed by atoms with Gasteiger partial charge >= 0.3 is 11.9 Å². The van der Waals surface area contributed by atoms with Crippen molar-refractivity contribution in [2.24, 2.45) is 0 Å². The SMILES string of the molecule is O=C(CCCC(=O)Oc1c(Cl)c(Cl)c(Cl)c(Cl)c1Cl)Oc1c(Cl)c(Cl)c(Cl)c(Cl)c1Cl. The van der Waals surface area contributed by atoms with Crippen LogP contribution in [0.5, 0.6) is 11.5 Å². The van der Waals surface area contributed by atoms with E-state index in [1.807, 2.05) is 0 Å². The van der Waals surface area contributed by atoms with Crippen LogP contribution in [0.2, 0.25) is 50.2 Å². The number of carbonyl (C=O) groups excluding carboxylic acids is 2. The van der Waals surface area contributed by atoms with Crippen LogP contribution in [-0.4, -0.2) is 11.9 Å². The van der Waals surface area contributed by atoms with E-state index in [-0.39, 0.29) is 81.0 Å². The number of benzene rings is 2. The van der Waals surface area contributed by atoms with Gasteiger partial charge in [0.2, 0.25) is 0 Å². The summed E-state index contributed by atoms with van der Waals surface area (Å²) in [5.41, 5.74) is 0. The van der Waals surface area contributed by atoms with Crippen molar-refractivity contribution in [3.8, 4) is 11.5 Å². The zero-order chi connectivity index (χ0) is 23.6. The topological polar surface area (TPSA) is 52.6 Å². The number of ether oxygens (including phenoxy) is 2. The van der Waals surface area contributed by atoms with Crippen LogP contribution < -0.4 is 9.47 Å². The van der Waals surface area contributed by atoms with E-state index in [2.05, 4.69) is 0 Å². The summed E-state index contributed by atoms with van der Waals surface area (Å²) in [6.45, 7) is 0. The van der Waals surface area contributed by atoms with Crippen molar-refractivity contribution in [3.05, 3.63) is 50.2 Å². The van der Waals surface area contributed by atoms with E-state index in [0.29, 0.717) is 0 Å². The van der Waals surface area contributed by atoms with Crippen molar-refractivity contribution in [2.45, 2.75) is 19.3 Å². The summed E-state index contributed by atoms with van der Waals surface area (Å²) in [6, 6.07) is 0. The molecule has 14 heteroatoms. The molecule has 0 atom stereocenters. The summed E-state index contributed by atoms with van der Waals surface area (Å²) in [5, 5.41) is -1.41. The summed E-state index contributed by atoms with van der Waals surface area (Å²) in [7, 11) is 0. The highest BCUT2D eigenvalue weighted by atomic mass is 35.5. The average Bonchev–Trinajstić information content (AvgIpc) is 2.74. The van der Waals surface area contributed by atoms with Gasteiger partial charge in [-0.15, -0.1) is 0 Å². The second kappa shape index (κ2) is 11.6. The lowest BCUT2D eigenvalue weighted by Gasteiger charge is -2.13. The van der Waals surface area contributed by atoms with E-state index in [4.69, 9.17) is 125 Å². The zero-order valence-corrected chi connectivity index (χ0v) is 22.1. The molecular formula is C17H6Cl10O4. The second-order valence-corrected chi connectivity index (χ2v) is 9.38. The Morgan fingerprint density at radius 3 is 0.935 bits per heavy atom. The van der Waals surface area contributed by atoms with Crippen LogP contribution in [0.3, 0.4) is 0 Å². The first-order valence-electron chi connectivity index (χ1n) is 7.82. The van der Waals surface area contributed by atoms with Crippen molar-refractivity contribution in [1.29, 1.82) is 0 Å². The quantitative estimate of drug-likeness (QED) is 0.138. The van der Waals surface area contributed by atoms with Crippen molar-refractivity contribution < 1.29 is 19.1 Å². The molecule has 0 aliphatic carbocycles. The van der Waals surface area contributed by atoms with Gasteiger partial charge in [0.15, 0.2) is 11.5 Å². The Morgan fingerprint density at radius 1 is 0.452 bits per heavy atom. The highest BCUT2D eigenvalue weighted by Gasteiger charge is 2.24. The van der Waals surface area contributed by atoms with E-state index < -0.39 is 11.9 Å². The van der Waals surface area contributed by atoms with E-state index in [1.165, 1.54) is 0 Å². The summed E-state index contributed by atoms with van der Waals surface area (Å²) >= 11 is 59.4. The summed E-state index contributed by atoms with van der Waals surface area (Å²) < 4.78 is 10.2. The van der Waals surface area contributed by atoms with Crippen LogP contribution in [0.1, 0.15) is 19.3 Å². The molecule has 0 bridgehead atoms. The van der Waals surface area contributed by atoms with Gasteiger partial charge in [-0.05, 0) is 6.42 Å². The van der Waals surface area contributed by atoms with Crippen LogP contribution in [0.25, 0.3) is 0 Å². The average molecular weight is 629 g/mol. The van der Waals surface area contributed by atoms with E-state index in [1.54, 1.807) is 0 Å². The number of carbonyl (C=O) groups is 2. The van der Waals surface area contributed by atoms with Gasteiger partial charge in [-0.3, -0.25) is 9.59 Å². The lowest BCUT2D eigenvalue weighted by molar-refractivity contribution is -0.136. The van der Waals surface area contributed by atoms with Crippen molar-refractivity contribution in [2.75, 3.05) is 0 Å². The highest BCUT2D eigenvalue weighted by Crippen LogP contribution is 2.49. The minimum absolute atomic E-state index is 0.0340. The van der Waals surface area contributed by atoms with E-state index in [9.17, 15) is 9.59 Å². The first-order chi connectivity index (χ1) is 14.4. The Labute approximate surface area is 226 Å². The molecule has 0 aliphatic rings. The Bertz CT molecular complexity index is 928. The first-order valence-corrected chi connectivity index (χ1v) is 11.6. The zero-order valence-electron chi connectivity index (χ0n) is 14.5. The van der Waals surface area contributed by atoms with Crippen molar-refractivity contribution in [3.63, 3.8) is 0 Å². The number of hydrogen-bond acceptors (Lipinski definition) is 4. The molecule has 168 valence electrons. The minimum atomic E-state index is -0.764. The standard InChI is InChI=1S/C17H6Cl10O4/c18-6-8(20)12(24)16(13(25)9(6)21)30-4(28)2-1-3-5(29)31-17-14(26)10(22)7(19)11(23)15(17)27/h1-3H2. The third-order valence-corrected chi connectivity index (χ3v) is 8.02. The number of esters is 2. The molecule has 0 unspecified atom stereocenters. The smallest absolute Gasteiger partial charge is 0.311 e. The van der Waals surface area contributed by atoms with Crippen molar-refractivity contribution in [1.82, 2.24) is 0 Å². The van der Waals surface area contributed by atoms with Crippen LogP contribution in [0, 0.1) is 0 Å². The van der Waals surface area contributed by atoms with Gasteiger partial charge in [0.1, 0.15) is 20.1 Å². The molecule has 0 N–H and O–H groups in total. The number of hydrogen-bond donors (Lipinski definition) is 0. The predicted octanol–water partition coefficient (Wildman–Crippen LogP) is 9.90. The van der Waals surface area contributed by atoms with E-state index in [0.717, 1.165) is 0 Å². The molecule has 0 saturated carbocycles. The Hall–Kier alpha value is 0.280. The Morgan fingerprint density at radius 2 is 0.677 bits per heavy atom. The second-order valence-electron chi connectivity index (χ2n) is 5.60. The molecule has 0 heterocycles. The van der Waals surface area contributed by atoms with Crippen LogP contribution in [-0.2, 0) is 9.59 Å². The molecule has 2 rings (SSSR count). The van der Waals surface area contributed by atoms with Crippen LogP contribution in [0.15, 0.2) is 0 Å². The van der Waals surface area contributed by atoms with Gasteiger partial charge in [0.25, 0.3) is 0 Å². The molecule has 0 fully saturated rings. The van der Waals surface area contributed by atoms with Gasteiger partial charge < -0.3 is 9.47 Å². The molecule has 4 nitrogen and oxygen atoms in total. The Balaban J connectivity index is 2.00. The van der Waals surface area contributed by atoms with Gasteiger partial charge in [-0.1, -0.05) is 116 Å². The van der Waals surface area contributed by atoms with Crippen molar-refractivity contribution >= 4 is 128 Å². The first kappa shape index (κ1) is 27.5. The molecule has 0 radical (unpaired) electrons. The maximum atomic E-state index is 12.1. The monoisotopic (exact) mass is 624 g/mol. The highest BCUT2D eigenvalue weighted by molar-refractivity contribution is 6.56. The fraction of sp³-hybridized carbons (Fsp3) is 0.176. The molecule has 31 heavy (non-hydrogen) atoms. The van der Waals surface area contributed by atoms with Gasteiger partial charge in [0, 0.05) is 12.8 Å². The lowest BCUT2D eigenvalue weighted by Crippen LogP contribution is -2.12. The molecule has 0 spiro atoms. The normalized spacial score (nSPS) is 10.9. The molecule has 2 aromatic carbocycles. The Kier molecular flexibility index (Phi) is 10.3. The molecule has 0 amide bonds. The maximum Gasteiger partial charge on any atom is 0.311 e. The van der Waals surface area contributed by atoms with Crippen LogP contribution >= 0.6 is 116 Å². The third kappa shape index (κ3) is 6.24. The number of halogens is 10. The number of rotatable bonds is 6. The minimum Gasteiger partial charge on any atom is -0.423 e. The third-order valence-electron chi connectivity index (χ3n) is 3.53. The van der Waals surface area contributed by atoms with Gasteiger partial charge in [-0.25, -0.2) is 0 Å². The van der Waals surface area contributed by atoms with E-state index >= 15 is 0 Å². The molecule has 0 saturated heterocycles. The summed E-state index contributed by atoms with van der Waals surface area (Å²) in [4.78, 5) is 24.2. The predicted molar refractivity (Wildman–Crippen MR) is 128 cm³/mol. The summed E-state index contributed by atoms with van der Waals surface area (Å²) in [6.07, 6.45) is -0.376. The van der Waals surface area contributed by atoms with Crippen LogP contribution in [0.4, 0.5) is 0 Å². The van der Waals surface area contributed by atoms with Gasteiger partial charge in [-0.2, -0.15) is 0 Å². The molecular weight excluding hydrogens is 623 g/mol. The molecule has 0 aliphatic heterocycles. The fourth-order valence-electron chi connectivity index (χ4n) is 2.06. The largest absolute Gasteiger partial charge is 0.423 e. The molecule has 2 aromatic rings. The molecule has 0 aromatic heterocycles. The summed E-state index contributed by atoms with van der Waals surface area (Å²) in [5.74, 6) is -2.03.